The Morgan fingerprint density at radius 1 is 1.50 bits per heavy atom. The number of aliphatic carboxylic acids is 1. The molecule has 1 rings (SSSR count). The van der Waals surface area contributed by atoms with Crippen LogP contribution in [0.5, 0.6) is 5.75 Å². The maximum atomic E-state index is 11.2. The van der Waals surface area contributed by atoms with E-state index in [1.807, 2.05) is 0 Å². The van der Waals surface area contributed by atoms with Crippen molar-refractivity contribution in [2.24, 2.45) is 0 Å². The van der Waals surface area contributed by atoms with E-state index in [1.54, 1.807) is 32.9 Å². The van der Waals surface area contributed by atoms with Gasteiger partial charge in [0, 0.05) is 0 Å². The van der Waals surface area contributed by atoms with Gasteiger partial charge in [-0.1, -0.05) is 13.0 Å². The molecule has 1 aromatic carbocycles. The van der Waals surface area contributed by atoms with Crippen molar-refractivity contribution >= 4 is 23.4 Å². The van der Waals surface area contributed by atoms with Crippen LogP contribution in [0.15, 0.2) is 23.1 Å². The van der Waals surface area contributed by atoms with Crippen molar-refractivity contribution in [1.82, 2.24) is 0 Å². The van der Waals surface area contributed by atoms with Crippen molar-refractivity contribution in [2.45, 2.75) is 43.4 Å². The third-order valence-corrected chi connectivity index (χ3v) is 3.83. The molecular weight excluding hydrogens is 282 g/mol. The molecule has 0 saturated carbocycles. The second kappa shape index (κ2) is 7.14. The third-order valence-electron chi connectivity index (χ3n) is 2.42. The first-order chi connectivity index (χ1) is 9.36. The fourth-order valence-electron chi connectivity index (χ4n) is 1.59. The summed E-state index contributed by atoms with van der Waals surface area (Å²) < 4.78 is 5.42. The molecule has 1 N–H and O–H groups in total. The van der Waals surface area contributed by atoms with E-state index in [-0.39, 0.29) is 17.5 Å². The molecule has 0 aliphatic carbocycles. The van der Waals surface area contributed by atoms with Crippen molar-refractivity contribution < 1.29 is 19.6 Å². The number of carboxylic acid groups (broad SMARTS) is 1. The van der Waals surface area contributed by atoms with Crippen LogP contribution in [0.2, 0.25) is 0 Å². The number of thioether (sulfide) groups is 1. The zero-order valence-electron chi connectivity index (χ0n) is 11.5. The molecule has 1 atom stereocenters. The lowest BCUT2D eigenvalue weighted by Gasteiger charge is -2.13. The van der Waals surface area contributed by atoms with Crippen LogP contribution >= 0.6 is 11.8 Å². The molecule has 0 amide bonds. The number of rotatable bonds is 7. The van der Waals surface area contributed by atoms with E-state index >= 15 is 0 Å². The van der Waals surface area contributed by atoms with Gasteiger partial charge in [0.1, 0.15) is 5.25 Å². The molecular formula is C13H17NO5S. The van der Waals surface area contributed by atoms with E-state index in [4.69, 9.17) is 9.84 Å². The van der Waals surface area contributed by atoms with Gasteiger partial charge in [-0.15, -0.1) is 11.8 Å². The number of benzene rings is 1. The van der Waals surface area contributed by atoms with Crippen LogP contribution < -0.4 is 4.74 Å². The van der Waals surface area contributed by atoms with E-state index in [9.17, 15) is 14.9 Å². The summed E-state index contributed by atoms with van der Waals surface area (Å²) in [6, 6.07) is 4.69. The quantitative estimate of drug-likeness (QED) is 0.472. The second-order valence-corrected chi connectivity index (χ2v) is 5.62. The number of hydrogen-bond acceptors (Lipinski definition) is 5. The fourth-order valence-corrected chi connectivity index (χ4v) is 2.61. The standard InChI is InChI=1S/C13H17NO5S/c1-4-10(13(15)16)20-11-7-5-6-9(19-8(2)3)12(11)14(17)18/h5-8,10H,4H2,1-3H3,(H,15,16). The Bertz CT molecular complexity index is 504. The lowest BCUT2D eigenvalue weighted by Crippen LogP contribution is -2.15. The van der Waals surface area contributed by atoms with Gasteiger partial charge in [0.25, 0.3) is 0 Å². The SMILES string of the molecule is CCC(Sc1cccc(OC(C)C)c1[N+](=O)[O-])C(=O)O. The molecule has 20 heavy (non-hydrogen) atoms. The number of nitro benzene ring substituents is 1. The molecule has 110 valence electrons. The fraction of sp³-hybridized carbons (Fsp3) is 0.462. The molecule has 0 saturated heterocycles. The third kappa shape index (κ3) is 4.12. The van der Waals surface area contributed by atoms with Gasteiger partial charge in [0.15, 0.2) is 5.75 Å². The van der Waals surface area contributed by atoms with Gasteiger partial charge in [-0.2, -0.15) is 0 Å². The number of carboxylic acids is 1. The van der Waals surface area contributed by atoms with Gasteiger partial charge in [-0.3, -0.25) is 14.9 Å². The van der Waals surface area contributed by atoms with Gasteiger partial charge < -0.3 is 9.84 Å². The van der Waals surface area contributed by atoms with Crippen molar-refractivity contribution in [3.63, 3.8) is 0 Å². The molecule has 0 bridgehead atoms. The lowest BCUT2D eigenvalue weighted by atomic mass is 10.3. The molecule has 0 aromatic heterocycles. The maximum Gasteiger partial charge on any atom is 0.324 e. The largest absolute Gasteiger partial charge is 0.484 e. The van der Waals surface area contributed by atoms with E-state index in [1.165, 1.54) is 6.07 Å². The minimum absolute atomic E-state index is 0.162. The summed E-state index contributed by atoms with van der Waals surface area (Å²) in [5.74, 6) is -0.822. The number of carbonyl (C=O) groups is 1. The molecule has 0 aliphatic heterocycles. The Hall–Kier alpha value is -1.76. The summed E-state index contributed by atoms with van der Waals surface area (Å²) in [5.41, 5.74) is -0.175. The van der Waals surface area contributed by atoms with E-state index in [0.29, 0.717) is 11.3 Å². The zero-order chi connectivity index (χ0) is 15.3. The molecule has 0 aliphatic rings. The monoisotopic (exact) mass is 299 g/mol. The Balaban J connectivity index is 3.18. The van der Waals surface area contributed by atoms with Crippen LogP contribution in [0.1, 0.15) is 27.2 Å². The topological polar surface area (TPSA) is 89.7 Å². The van der Waals surface area contributed by atoms with Crippen molar-refractivity contribution in [2.75, 3.05) is 0 Å². The lowest BCUT2D eigenvalue weighted by molar-refractivity contribution is -0.388. The van der Waals surface area contributed by atoms with Gasteiger partial charge in [-0.05, 0) is 32.4 Å². The van der Waals surface area contributed by atoms with Gasteiger partial charge >= 0.3 is 11.7 Å². The predicted octanol–water partition coefficient (Wildman–Crippen LogP) is 3.34. The first-order valence-corrected chi connectivity index (χ1v) is 7.08. The first kappa shape index (κ1) is 16.3. The summed E-state index contributed by atoms with van der Waals surface area (Å²) in [6.45, 7) is 5.28. The number of hydrogen-bond donors (Lipinski definition) is 1. The molecule has 1 aromatic rings. The summed E-state index contributed by atoms with van der Waals surface area (Å²) in [5, 5.41) is 19.6. The highest BCUT2D eigenvalue weighted by Crippen LogP contribution is 2.39. The van der Waals surface area contributed by atoms with Crippen LogP contribution in [0.3, 0.4) is 0 Å². The molecule has 0 heterocycles. The van der Waals surface area contributed by atoms with E-state index in [0.717, 1.165) is 11.8 Å². The van der Waals surface area contributed by atoms with E-state index in [2.05, 4.69) is 0 Å². The number of nitro groups is 1. The van der Waals surface area contributed by atoms with Crippen LogP contribution in [-0.2, 0) is 4.79 Å². The average Bonchev–Trinajstić information content (AvgIpc) is 2.34. The number of para-hydroxylation sites is 1. The Kier molecular flexibility index (Phi) is 5.82. The summed E-state index contributed by atoms with van der Waals surface area (Å²) in [4.78, 5) is 22.1. The van der Waals surface area contributed by atoms with E-state index < -0.39 is 16.1 Å². The molecule has 6 nitrogen and oxygen atoms in total. The summed E-state index contributed by atoms with van der Waals surface area (Å²) >= 11 is 0.972. The van der Waals surface area contributed by atoms with Crippen LogP contribution in [-0.4, -0.2) is 27.4 Å². The van der Waals surface area contributed by atoms with Crippen LogP contribution in [0.4, 0.5) is 5.69 Å². The van der Waals surface area contributed by atoms with Crippen LogP contribution in [0.25, 0.3) is 0 Å². The van der Waals surface area contributed by atoms with Crippen LogP contribution in [0, 0.1) is 10.1 Å². The Morgan fingerprint density at radius 2 is 2.15 bits per heavy atom. The van der Waals surface area contributed by atoms with Crippen molar-refractivity contribution in [1.29, 1.82) is 0 Å². The summed E-state index contributed by atoms with van der Waals surface area (Å²) in [6.07, 6.45) is 0.183. The van der Waals surface area contributed by atoms with Crippen molar-refractivity contribution in [3.05, 3.63) is 28.3 Å². The Morgan fingerprint density at radius 3 is 2.60 bits per heavy atom. The first-order valence-electron chi connectivity index (χ1n) is 6.20. The predicted molar refractivity (Wildman–Crippen MR) is 76.4 cm³/mol. The molecule has 0 spiro atoms. The average molecular weight is 299 g/mol. The highest BCUT2D eigenvalue weighted by molar-refractivity contribution is 8.00. The summed E-state index contributed by atoms with van der Waals surface area (Å²) in [7, 11) is 0. The highest BCUT2D eigenvalue weighted by atomic mass is 32.2. The minimum Gasteiger partial charge on any atom is -0.484 e. The molecule has 0 fully saturated rings. The minimum atomic E-state index is -0.984. The molecule has 1 unspecified atom stereocenters. The molecule has 0 radical (unpaired) electrons. The van der Waals surface area contributed by atoms with Gasteiger partial charge in [0.05, 0.1) is 15.9 Å². The zero-order valence-corrected chi connectivity index (χ0v) is 12.3. The van der Waals surface area contributed by atoms with Gasteiger partial charge in [0.2, 0.25) is 0 Å². The number of nitrogens with zero attached hydrogens (tertiary/aromatic N) is 1. The Labute approximate surface area is 121 Å². The smallest absolute Gasteiger partial charge is 0.324 e. The second-order valence-electron chi connectivity index (χ2n) is 4.38. The normalized spacial score (nSPS) is 12.2. The number of ether oxygens (including phenoxy) is 1. The van der Waals surface area contributed by atoms with Gasteiger partial charge in [-0.25, -0.2) is 0 Å². The maximum absolute atomic E-state index is 11.2. The van der Waals surface area contributed by atoms with Crippen molar-refractivity contribution in [3.8, 4) is 5.75 Å². The molecule has 7 heteroatoms. The highest BCUT2D eigenvalue weighted by Gasteiger charge is 2.26.